The number of benzene rings is 1. The summed E-state index contributed by atoms with van der Waals surface area (Å²) in [7, 11) is 0. The third-order valence-electron chi connectivity index (χ3n) is 2.47. The molecule has 0 saturated carbocycles. The summed E-state index contributed by atoms with van der Waals surface area (Å²) in [5.41, 5.74) is 1.82. The lowest BCUT2D eigenvalue weighted by Crippen LogP contribution is -2.16. The highest BCUT2D eigenvalue weighted by atomic mass is 79.9. The van der Waals surface area contributed by atoms with Gasteiger partial charge < -0.3 is 10.2 Å². The molecule has 6 heteroatoms. The topological polar surface area (TPSA) is 89.8 Å². The fourth-order valence-electron chi connectivity index (χ4n) is 1.43. The summed E-state index contributed by atoms with van der Waals surface area (Å²) in [6.07, 6.45) is 1.60. The Balaban J connectivity index is 2.86. The number of aliphatic hydroxyl groups excluding tert-OH is 1. The largest absolute Gasteiger partial charge is 0.508 e. The van der Waals surface area contributed by atoms with E-state index in [9.17, 15) is 15.0 Å². The number of aliphatic hydroxyl groups is 1. The fourth-order valence-corrected chi connectivity index (χ4v) is 1.81. The summed E-state index contributed by atoms with van der Waals surface area (Å²) in [5.74, 6) is -1.09. The number of hydroxylamine groups is 1. The van der Waals surface area contributed by atoms with Gasteiger partial charge in [-0.2, -0.15) is 0 Å². The number of phenolic OH excluding ortho intramolecular Hbond substituents is 1. The summed E-state index contributed by atoms with van der Waals surface area (Å²) in [6, 6.07) is 4.74. The highest BCUT2D eigenvalue weighted by Crippen LogP contribution is 2.32. The molecule has 0 radical (unpaired) electrons. The molecule has 0 aromatic heterocycles. The number of hydrogen-bond donors (Lipinski definition) is 4. The molecule has 0 fully saturated rings. The van der Waals surface area contributed by atoms with Crippen LogP contribution in [0, 0.1) is 5.92 Å². The molecular weight excluding hydrogens is 302 g/mol. The number of halogens is 1. The highest BCUT2D eigenvalue weighted by Gasteiger charge is 2.18. The summed E-state index contributed by atoms with van der Waals surface area (Å²) < 4.78 is 0.735. The molecule has 1 rings (SSSR count). The van der Waals surface area contributed by atoms with E-state index in [1.165, 1.54) is 17.6 Å². The monoisotopic (exact) mass is 315 g/mol. The van der Waals surface area contributed by atoms with E-state index in [1.54, 1.807) is 19.1 Å². The highest BCUT2D eigenvalue weighted by molar-refractivity contribution is 9.10. The molecule has 5 nitrogen and oxygen atoms in total. The summed E-state index contributed by atoms with van der Waals surface area (Å²) in [5, 5.41) is 28.0. The third-order valence-corrected chi connectivity index (χ3v) is 2.96. The van der Waals surface area contributed by atoms with Crippen molar-refractivity contribution in [1.29, 1.82) is 0 Å². The Hall–Kier alpha value is -1.37. The van der Waals surface area contributed by atoms with Crippen molar-refractivity contribution in [3.8, 4) is 5.75 Å². The summed E-state index contributed by atoms with van der Waals surface area (Å²) in [4.78, 5) is 10.8. The van der Waals surface area contributed by atoms with Crippen molar-refractivity contribution in [3.05, 3.63) is 40.4 Å². The van der Waals surface area contributed by atoms with Crippen molar-refractivity contribution in [1.82, 2.24) is 5.48 Å². The van der Waals surface area contributed by atoms with Gasteiger partial charge in [0.1, 0.15) is 5.75 Å². The Kier molecular flexibility index (Phi) is 5.33. The van der Waals surface area contributed by atoms with Crippen LogP contribution < -0.4 is 5.48 Å². The number of nitrogens with one attached hydrogen (secondary N) is 1. The number of amides is 1. The molecule has 18 heavy (non-hydrogen) atoms. The molecule has 0 aliphatic carbocycles. The minimum Gasteiger partial charge on any atom is -0.508 e. The molecule has 0 aliphatic heterocycles. The first-order valence-corrected chi connectivity index (χ1v) is 6.03. The molecule has 2 atom stereocenters. The Morgan fingerprint density at radius 3 is 2.78 bits per heavy atom. The minimum absolute atomic E-state index is 0.0161. The van der Waals surface area contributed by atoms with Crippen LogP contribution in [0.1, 0.15) is 18.6 Å². The van der Waals surface area contributed by atoms with Crippen LogP contribution in [0.5, 0.6) is 5.75 Å². The molecule has 0 saturated heterocycles. The van der Waals surface area contributed by atoms with Crippen molar-refractivity contribution >= 4 is 21.8 Å². The average Bonchev–Trinajstić information content (AvgIpc) is 2.37. The molecule has 1 aromatic rings. The van der Waals surface area contributed by atoms with Gasteiger partial charge >= 0.3 is 0 Å². The first kappa shape index (κ1) is 14.7. The van der Waals surface area contributed by atoms with Gasteiger partial charge in [0.2, 0.25) is 0 Å². The lowest BCUT2D eigenvalue weighted by molar-refractivity contribution is -0.124. The van der Waals surface area contributed by atoms with Crippen molar-refractivity contribution < 1.29 is 20.2 Å². The summed E-state index contributed by atoms with van der Waals surface area (Å²) >= 11 is 3.25. The van der Waals surface area contributed by atoms with Crippen LogP contribution in [0.2, 0.25) is 0 Å². The number of carbonyl (C=O) groups excluding carboxylic acids is 1. The second-order valence-corrected chi connectivity index (χ2v) is 4.76. The van der Waals surface area contributed by atoms with Gasteiger partial charge in [-0.3, -0.25) is 10.0 Å². The predicted octanol–water partition coefficient (Wildman–Crippen LogP) is 1.89. The predicted molar refractivity (Wildman–Crippen MR) is 69.0 cm³/mol. The quantitative estimate of drug-likeness (QED) is 0.388. The van der Waals surface area contributed by atoms with E-state index in [0.717, 1.165) is 10.5 Å². The first-order chi connectivity index (χ1) is 8.45. The fraction of sp³-hybridized carbons (Fsp3) is 0.250. The number of carbonyl (C=O) groups is 1. The molecule has 1 aromatic carbocycles. The van der Waals surface area contributed by atoms with E-state index in [0.29, 0.717) is 5.56 Å². The second kappa shape index (κ2) is 6.53. The third kappa shape index (κ3) is 3.83. The normalized spacial score (nSPS) is 14.4. The van der Waals surface area contributed by atoms with Crippen molar-refractivity contribution in [2.24, 2.45) is 5.92 Å². The zero-order chi connectivity index (χ0) is 13.7. The van der Waals surface area contributed by atoms with Gasteiger partial charge in [-0.15, -0.1) is 0 Å². The zero-order valence-electron chi connectivity index (χ0n) is 9.67. The van der Waals surface area contributed by atoms with Gasteiger partial charge in [0, 0.05) is 22.0 Å². The van der Waals surface area contributed by atoms with Crippen LogP contribution >= 0.6 is 15.9 Å². The molecule has 0 unspecified atom stereocenters. The maximum Gasteiger partial charge on any atom is 0.267 e. The second-order valence-electron chi connectivity index (χ2n) is 3.84. The van der Waals surface area contributed by atoms with Crippen LogP contribution in [0.4, 0.5) is 0 Å². The van der Waals surface area contributed by atoms with Gasteiger partial charge in [-0.25, -0.2) is 5.48 Å². The molecule has 4 N–H and O–H groups in total. The van der Waals surface area contributed by atoms with Crippen LogP contribution in [-0.2, 0) is 4.79 Å². The van der Waals surface area contributed by atoms with Crippen LogP contribution in [0.25, 0.3) is 0 Å². The van der Waals surface area contributed by atoms with Gasteiger partial charge in [0.15, 0.2) is 0 Å². The van der Waals surface area contributed by atoms with Crippen molar-refractivity contribution in [3.63, 3.8) is 0 Å². The smallest absolute Gasteiger partial charge is 0.267 e. The lowest BCUT2D eigenvalue weighted by atomic mass is 9.96. The maximum atomic E-state index is 10.8. The van der Waals surface area contributed by atoms with Gasteiger partial charge in [0.25, 0.3) is 5.91 Å². The Bertz CT molecular complexity index is 461. The summed E-state index contributed by atoms with van der Waals surface area (Å²) in [6.45, 7) is 1.69. The average molecular weight is 316 g/mol. The molecule has 0 spiro atoms. The van der Waals surface area contributed by atoms with E-state index in [-0.39, 0.29) is 5.75 Å². The van der Waals surface area contributed by atoms with Crippen LogP contribution in [0.3, 0.4) is 0 Å². The van der Waals surface area contributed by atoms with E-state index in [2.05, 4.69) is 15.9 Å². The van der Waals surface area contributed by atoms with E-state index >= 15 is 0 Å². The SMILES string of the molecule is C[C@@H](/C=C/C(=O)NO)[C@@H](O)c1cc(Br)ccc1O. The van der Waals surface area contributed by atoms with Crippen molar-refractivity contribution in [2.75, 3.05) is 0 Å². The maximum absolute atomic E-state index is 10.8. The van der Waals surface area contributed by atoms with Gasteiger partial charge in [0.05, 0.1) is 6.10 Å². The minimum atomic E-state index is -0.953. The lowest BCUT2D eigenvalue weighted by Gasteiger charge is -2.17. The Labute approximate surface area is 113 Å². The Morgan fingerprint density at radius 2 is 2.17 bits per heavy atom. The number of rotatable bonds is 4. The molecule has 0 bridgehead atoms. The van der Waals surface area contributed by atoms with Crippen LogP contribution in [0.15, 0.2) is 34.8 Å². The molecule has 1 amide bonds. The van der Waals surface area contributed by atoms with E-state index in [1.807, 2.05) is 0 Å². The van der Waals surface area contributed by atoms with Crippen molar-refractivity contribution in [2.45, 2.75) is 13.0 Å². The standard InChI is InChI=1S/C12H14BrNO4/c1-7(2-5-11(16)14-18)12(17)9-6-8(13)3-4-10(9)15/h2-7,12,15,17-18H,1H3,(H,14,16)/b5-2+/t7-,12+/m0/s1. The van der Waals surface area contributed by atoms with E-state index in [4.69, 9.17) is 5.21 Å². The molecule has 98 valence electrons. The molecular formula is C12H14BrNO4. The number of aromatic hydroxyl groups is 1. The number of hydrogen-bond acceptors (Lipinski definition) is 4. The van der Waals surface area contributed by atoms with Crippen LogP contribution in [-0.4, -0.2) is 21.3 Å². The number of phenols is 1. The van der Waals surface area contributed by atoms with Gasteiger partial charge in [-0.05, 0) is 18.2 Å². The zero-order valence-corrected chi connectivity index (χ0v) is 11.3. The first-order valence-electron chi connectivity index (χ1n) is 5.24. The van der Waals surface area contributed by atoms with E-state index < -0.39 is 17.9 Å². The van der Waals surface area contributed by atoms with Gasteiger partial charge in [-0.1, -0.05) is 28.9 Å². The Morgan fingerprint density at radius 1 is 1.50 bits per heavy atom. The molecule has 0 heterocycles. The molecule has 0 aliphatic rings.